The molecule has 0 N–H and O–H groups in total. The maximum absolute atomic E-state index is 12.0. The van der Waals surface area contributed by atoms with Crippen molar-refractivity contribution in [1.82, 2.24) is 4.57 Å². The van der Waals surface area contributed by atoms with Gasteiger partial charge in [0, 0.05) is 22.9 Å². The van der Waals surface area contributed by atoms with Crippen molar-refractivity contribution in [3.63, 3.8) is 0 Å². The minimum atomic E-state index is -0.803. The molecule has 0 spiro atoms. The van der Waals surface area contributed by atoms with Crippen LogP contribution in [0.25, 0.3) is 27.3 Å². The molecule has 0 saturated heterocycles. The Morgan fingerprint density at radius 2 is 1.96 bits per heavy atom. The van der Waals surface area contributed by atoms with Gasteiger partial charge in [0.2, 0.25) is 5.76 Å². The van der Waals surface area contributed by atoms with Crippen molar-refractivity contribution in [2.75, 3.05) is 0 Å². The molecule has 0 unspecified atom stereocenters. The second-order valence-electron chi connectivity index (χ2n) is 4.54. The molecular formula is C15H8Cl2N4O2. The quantitative estimate of drug-likeness (QED) is 0.356. The molecule has 0 radical (unpaired) electrons. The summed E-state index contributed by atoms with van der Waals surface area (Å²) in [5.74, 6) is -0.859. The summed E-state index contributed by atoms with van der Waals surface area (Å²) in [5.41, 5.74) is 10.3. The number of aromatic nitrogens is 1. The van der Waals surface area contributed by atoms with Crippen molar-refractivity contribution in [3.05, 3.63) is 75.2 Å². The van der Waals surface area contributed by atoms with Crippen LogP contribution in [-0.4, -0.2) is 10.5 Å². The number of furan rings is 1. The Morgan fingerprint density at radius 3 is 2.61 bits per heavy atom. The minimum absolute atomic E-state index is 0.0555. The van der Waals surface area contributed by atoms with Gasteiger partial charge in [-0.3, -0.25) is 4.79 Å². The molecule has 0 aliphatic rings. The van der Waals surface area contributed by atoms with E-state index in [1.165, 1.54) is 6.26 Å². The van der Waals surface area contributed by atoms with Crippen LogP contribution in [-0.2, 0) is 0 Å². The Kier molecular flexibility index (Phi) is 4.12. The Bertz CT molecular complexity index is 925. The largest absolute Gasteiger partial charge is 0.458 e. The molecule has 0 aliphatic heterocycles. The van der Waals surface area contributed by atoms with Gasteiger partial charge in [-0.25, -0.2) is 0 Å². The third kappa shape index (κ3) is 2.83. The topological polar surface area (TPSA) is 83.9 Å². The van der Waals surface area contributed by atoms with E-state index in [2.05, 4.69) is 10.0 Å². The summed E-state index contributed by atoms with van der Waals surface area (Å²) in [5, 5.41) is 3.90. The average molecular weight is 347 g/mol. The standard InChI is InChI=1S/C15H8Cl2N4O2/c16-11-4-3-9(7-12(11)17)10-8-23-14(15(22)19-20-18)13(10)21-5-1-2-6-21/h1-8H. The number of carbonyl (C=O) groups is 1. The normalized spacial score (nSPS) is 10.3. The van der Waals surface area contributed by atoms with Gasteiger partial charge in [-0.1, -0.05) is 29.3 Å². The number of halogens is 2. The van der Waals surface area contributed by atoms with Crippen LogP contribution in [0.2, 0.25) is 10.0 Å². The van der Waals surface area contributed by atoms with E-state index in [1.807, 2.05) is 0 Å². The number of amides is 1. The van der Waals surface area contributed by atoms with Crippen LogP contribution in [0.1, 0.15) is 10.6 Å². The number of carbonyl (C=O) groups excluding carboxylic acids is 1. The van der Waals surface area contributed by atoms with E-state index in [-0.39, 0.29) is 5.76 Å². The summed E-state index contributed by atoms with van der Waals surface area (Å²) in [6, 6.07) is 8.68. The highest BCUT2D eigenvalue weighted by atomic mass is 35.5. The van der Waals surface area contributed by atoms with E-state index in [9.17, 15) is 4.79 Å². The van der Waals surface area contributed by atoms with Gasteiger partial charge in [0.15, 0.2) is 0 Å². The second-order valence-corrected chi connectivity index (χ2v) is 5.36. The molecule has 8 heteroatoms. The van der Waals surface area contributed by atoms with Gasteiger partial charge in [0.25, 0.3) is 5.91 Å². The van der Waals surface area contributed by atoms with Crippen LogP contribution in [0, 0.1) is 0 Å². The minimum Gasteiger partial charge on any atom is -0.458 e. The molecule has 1 aromatic carbocycles. The van der Waals surface area contributed by atoms with Gasteiger partial charge >= 0.3 is 0 Å². The fraction of sp³-hybridized carbons (Fsp3) is 0. The van der Waals surface area contributed by atoms with Crippen molar-refractivity contribution in [3.8, 4) is 16.8 Å². The van der Waals surface area contributed by atoms with Crippen LogP contribution in [0.4, 0.5) is 0 Å². The predicted octanol–water partition coefficient (Wildman–Crippen LogP) is 5.49. The summed E-state index contributed by atoms with van der Waals surface area (Å²) < 4.78 is 7.04. The Morgan fingerprint density at radius 1 is 1.22 bits per heavy atom. The van der Waals surface area contributed by atoms with E-state index in [4.69, 9.17) is 33.2 Å². The van der Waals surface area contributed by atoms with Crippen LogP contribution < -0.4 is 0 Å². The summed E-state index contributed by atoms with van der Waals surface area (Å²) in [4.78, 5) is 14.5. The molecule has 23 heavy (non-hydrogen) atoms. The highest BCUT2D eigenvalue weighted by molar-refractivity contribution is 6.42. The molecule has 114 valence electrons. The zero-order chi connectivity index (χ0) is 16.4. The smallest absolute Gasteiger partial charge is 0.286 e. The SMILES string of the molecule is [N-]=[N+]=NC(=O)c1occ(-c2ccc(Cl)c(Cl)c2)c1-n1cccc1. The van der Waals surface area contributed by atoms with Gasteiger partial charge in [0.05, 0.1) is 10.0 Å². The third-order valence-electron chi connectivity index (χ3n) is 3.19. The van der Waals surface area contributed by atoms with Crippen molar-refractivity contribution in [2.24, 2.45) is 5.11 Å². The fourth-order valence-corrected chi connectivity index (χ4v) is 2.50. The summed E-state index contributed by atoms with van der Waals surface area (Å²) in [6.07, 6.45) is 4.91. The van der Waals surface area contributed by atoms with Crippen molar-refractivity contribution in [2.45, 2.75) is 0 Å². The molecule has 0 saturated carbocycles. The van der Waals surface area contributed by atoms with E-state index < -0.39 is 5.91 Å². The molecule has 1 amide bonds. The number of rotatable bonds is 3. The molecule has 6 nitrogen and oxygen atoms in total. The first-order valence-corrected chi connectivity index (χ1v) is 7.17. The zero-order valence-corrected chi connectivity index (χ0v) is 13.0. The van der Waals surface area contributed by atoms with Crippen molar-refractivity contribution >= 4 is 29.1 Å². The summed E-state index contributed by atoms with van der Waals surface area (Å²) in [6.45, 7) is 0. The van der Waals surface area contributed by atoms with Crippen molar-refractivity contribution < 1.29 is 9.21 Å². The molecule has 0 aliphatic carbocycles. The molecule has 2 aromatic heterocycles. The number of hydrogen-bond donors (Lipinski definition) is 0. The van der Waals surface area contributed by atoms with Crippen LogP contribution in [0.3, 0.4) is 0 Å². The number of azide groups is 1. The van der Waals surface area contributed by atoms with Crippen LogP contribution in [0.15, 0.2) is 58.5 Å². The molecule has 3 aromatic rings. The molecule has 2 heterocycles. The third-order valence-corrected chi connectivity index (χ3v) is 3.93. The summed E-state index contributed by atoms with van der Waals surface area (Å²) >= 11 is 12.0. The highest BCUT2D eigenvalue weighted by Gasteiger charge is 2.22. The van der Waals surface area contributed by atoms with E-state index >= 15 is 0 Å². The molecule has 0 fully saturated rings. The number of benzene rings is 1. The molecule has 0 bridgehead atoms. The number of hydrogen-bond acceptors (Lipinski definition) is 2. The lowest BCUT2D eigenvalue weighted by molar-refractivity contribution is 0.0974. The van der Waals surface area contributed by atoms with Crippen LogP contribution >= 0.6 is 23.2 Å². The predicted molar refractivity (Wildman–Crippen MR) is 87.0 cm³/mol. The first-order valence-electron chi connectivity index (χ1n) is 6.41. The fourth-order valence-electron chi connectivity index (χ4n) is 2.20. The maximum Gasteiger partial charge on any atom is 0.286 e. The average Bonchev–Trinajstić information content (AvgIpc) is 3.18. The maximum atomic E-state index is 12.0. The Balaban J connectivity index is 2.23. The van der Waals surface area contributed by atoms with Gasteiger partial charge in [-0.15, -0.1) is 0 Å². The molecule has 3 rings (SSSR count). The lowest BCUT2D eigenvalue weighted by Crippen LogP contribution is -2.00. The molecular weight excluding hydrogens is 339 g/mol. The van der Waals surface area contributed by atoms with E-state index in [0.29, 0.717) is 26.9 Å². The van der Waals surface area contributed by atoms with Gasteiger partial charge < -0.3 is 8.98 Å². The lowest BCUT2D eigenvalue weighted by atomic mass is 10.1. The summed E-state index contributed by atoms with van der Waals surface area (Å²) in [7, 11) is 0. The highest BCUT2D eigenvalue weighted by Crippen LogP contribution is 2.35. The lowest BCUT2D eigenvalue weighted by Gasteiger charge is -2.07. The van der Waals surface area contributed by atoms with Gasteiger partial charge in [-0.05, 0) is 40.5 Å². The van der Waals surface area contributed by atoms with Gasteiger partial charge in [0.1, 0.15) is 12.0 Å². The van der Waals surface area contributed by atoms with E-state index in [0.717, 1.165) is 0 Å². The first-order chi connectivity index (χ1) is 11.1. The van der Waals surface area contributed by atoms with Gasteiger partial charge in [-0.2, -0.15) is 0 Å². The van der Waals surface area contributed by atoms with E-state index in [1.54, 1.807) is 47.3 Å². The Labute approximate surface area is 140 Å². The number of nitrogens with zero attached hydrogens (tertiary/aromatic N) is 4. The zero-order valence-electron chi connectivity index (χ0n) is 11.5. The molecule has 0 atom stereocenters. The first kappa shape index (κ1) is 15.2. The second kappa shape index (κ2) is 6.22. The van der Waals surface area contributed by atoms with Crippen molar-refractivity contribution in [1.29, 1.82) is 0 Å². The monoisotopic (exact) mass is 346 g/mol. The Hall–Kier alpha value is -2.66. The van der Waals surface area contributed by atoms with Crippen LogP contribution in [0.5, 0.6) is 0 Å².